The van der Waals surface area contributed by atoms with E-state index in [1.54, 1.807) is 6.07 Å². The number of aromatic nitrogens is 2. The maximum atomic E-state index is 9.22. The fourth-order valence-corrected chi connectivity index (χ4v) is 2.52. The second-order valence-corrected chi connectivity index (χ2v) is 5.87. The molecule has 25 heavy (non-hydrogen) atoms. The lowest BCUT2D eigenvalue weighted by Crippen LogP contribution is -2.04. The molecule has 0 aliphatic carbocycles. The molecule has 0 unspecified atom stereocenters. The molecule has 0 saturated heterocycles. The Bertz CT molecular complexity index is 957. The standard InChI is InChI=1S/C20H19N5/c1-13-7-6-10-17(15(13)3)24-20-22-14(2)11-19(25-20)23-18-9-5-4-8-16(18)12-21/h4-11H,1-3H3,(H2,22,23,24,25). The minimum absolute atomic E-state index is 0.519. The molecule has 0 bridgehead atoms. The molecule has 0 spiro atoms. The van der Waals surface area contributed by atoms with E-state index in [9.17, 15) is 5.26 Å². The Balaban J connectivity index is 1.91. The fourth-order valence-electron chi connectivity index (χ4n) is 2.52. The molecule has 0 fully saturated rings. The van der Waals surface area contributed by atoms with Gasteiger partial charge in [0.05, 0.1) is 11.3 Å². The van der Waals surface area contributed by atoms with E-state index in [2.05, 4.69) is 46.6 Å². The average molecular weight is 329 g/mol. The molecule has 3 rings (SSSR count). The number of rotatable bonds is 4. The molecular weight excluding hydrogens is 310 g/mol. The van der Waals surface area contributed by atoms with Gasteiger partial charge in [-0.2, -0.15) is 10.2 Å². The summed E-state index contributed by atoms with van der Waals surface area (Å²) in [6.07, 6.45) is 0. The Morgan fingerprint density at radius 1 is 0.880 bits per heavy atom. The Morgan fingerprint density at radius 2 is 1.64 bits per heavy atom. The summed E-state index contributed by atoms with van der Waals surface area (Å²) in [5.41, 5.74) is 5.48. The zero-order chi connectivity index (χ0) is 17.8. The number of nitrogens with zero attached hydrogens (tertiary/aromatic N) is 3. The van der Waals surface area contributed by atoms with E-state index < -0.39 is 0 Å². The number of para-hydroxylation sites is 1. The molecule has 0 aliphatic rings. The van der Waals surface area contributed by atoms with Crippen LogP contribution < -0.4 is 10.6 Å². The number of anilines is 4. The molecule has 0 aliphatic heterocycles. The molecule has 1 aromatic heterocycles. The monoisotopic (exact) mass is 329 g/mol. The van der Waals surface area contributed by atoms with Crippen molar-refractivity contribution in [2.24, 2.45) is 0 Å². The zero-order valence-corrected chi connectivity index (χ0v) is 14.5. The summed E-state index contributed by atoms with van der Waals surface area (Å²) in [6, 6.07) is 17.5. The van der Waals surface area contributed by atoms with Crippen LogP contribution in [-0.4, -0.2) is 9.97 Å². The van der Waals surface area contributed by atoms with Crippen molar-refractivity contribution in [1.29, 1.82) is 5.26 Å². The van der Waals surface area contributed by atoms with Gasteiger partial charge in [-0.1, -0.05) is 24.3 Å². The van der Waals surface area contributed by atoms with Gasteiger partial charge in [-0.25, -0.2) is 4.98 Å². The summed E-state index contributed by atoms with van der Waals surface area (Å²) in [5.74, 6) is 1.16. The molecule has 0 saturated carbocycles. The lowest BCUT2D eigenvalue weighted by molar-refractivity contribution is 1.10. The van der Waals surface area contributed by atoms with Gasteiger partial charge in [0.2, 0.25) is 5.95 Å². The van der Waals surface area contributed by atoms with Gasteiger partial charge < -0.3 is 10.6 Å². The summed E-state index contributed by atoms with van der Waals surface area (Å²) in [7, 11) is 0. The molecule has 5 nitrogen and oxygen atoms in total. The van der Waals surface area contributed by atoms with Crippen molar-refractivity contribution < 1.29 is 0 Å². The van der Waals surface area contributed by atoms with E-state index in [0.29, 0.717) is 17.3 Å². The SMILES string of the molecule is Cc1cc(Nc2ccccc2C#N)nc(Nc2cccc(C)c2C)n1. The summed E-state index contributed by atoms with van der Waals surface area (Å²) in [4.78, 5) is 8.98. The minimum Gasteiger partial charge on any atom is -0.339 e. The largest absolute Gasteiger partial charge is 0.339 e. The fraction of sp³-hybridized carbons (Fsp3) is 0.150. The van der Waals surface area contributed by atoms with E-state index in [-0.39, 0.29) is 0 Å². The van der Waals surface area contributed by atoms with E-state index in [1.165, 1.54) is 5.56 Å². The molecular formula is C20H19N5. The molecule has 2 aromatic carbocycles. The van der Waals surface area contributed by atoms with Crippen LogP contribution in [0.3, 0.4) is 0 Å². The van der Waals surface area contributed by atoms with Gasteiger partial charge in [0.1, 0.15) is 11.9 Å². The maximum Gasteiger partial charge on any atom is 0.229 e. The Morgan fingerprint density at radius 3 is 2.44 bits per heavy atom. The van der Waals surface area contributed by atoms with Gasteiger partial charge in [0, 0.05) is 17.4 Å². The average Bonchev–Trinajstić information content (AvgIpc) is 2.59. The first-order valence-electron chi connectivity index (χ1n) is 8.02. The maximum absolute atomic E-state index is 9.22. The quantitative estimate of drug-likeness (QED) is 0.722. The van der Waals surface area contributed by atoms with Crippen molar-refractivity contribution in [2.45, 2.75) is 20.8 Å². The van der Waals surface area contributed by atoms with Crippen LogP contribution in [0.5, 0.6) is 0 Å². The van der Waals surface area contributed by atoms with Crippen LogP contribution in [0.4, 0.5) is 23.1 Å². The second-order valence-electron chi connectivity index (χ2n) is 5.87. The Labute approximate surface area is 147 Å². The Kier molecular flexibility index (Phi) is 4.62. The van der Waals surface area contributed by atoms with E-state index in [0.717, 1.165) is 22.6 Å². The third-order valence-corrected chi connectivity index (χ3v) is 4.02. The molecule has 1 heterocycles. The van der Waals surface area contributed by atoms with Crippen LogP contribution in [0.1, 0.15) is 22.4 Å². The lowest BCUT2D eigenvalue weighted by Gasteiger charge is -2.13. The minimum atomic E-state index is 0.519. The van der Waals surface area contributed by atoms with Crippen molar-refractivity contribution in [2.75, 3.05) is 10.6 Å². The van der Waals surface area contributed by atoms with Crippen LogP contribution in [-0.2, 0) is 0 Å². The highest BCUT2D eigenvalue weighted by atomic mass is 15.1. The third-order valence-electron chi connectivity index (χ3n) is 4.02. The first-order chi connectivity index (χ1) is 12.1. The van der Waals surface area contributed by atoms with Gasteiger partial charge in [0.25, 0.3) is 0 Å². The molecule has 124 valence electrons. The predicted molar refractivity (Wildman–Crippen MR) is 100 cm³/mol. The topological polar surface area (TPSA) is 73.6 Å². The second kappa shape index (κ2) is 7.02. The summed E-state index contributed by atoms with van der Waals surface area (Å²) in [6.45, 7) is 6.05. The van der Waals surface area contributed by atoms with Crippen molar-refractivity contribution in [1.82, 2.24) is 9.97 Å². The van der Waals surface area contributed by atoms with Gasteiger partial charge in [0.15, 0.2) is 0 Å². The van der Waals surface area contributed by atoms with Gasteiger partial charge in [-0.05, 0) is 50.1 Å². The number of nitriles is 1. The van der Waals surface area contributed by atoms with Crippen LogP contribution in [0, 0.1) is 32.1 Å². The van der Waals surface area contributed by atoms with E-state index in [1.807, 2.05) is 43.3 Å². The van der Waals surface area contributed by atoms with Crippen LogP contribution in [0.25, 0.3) is 0 Å². The smallest absolute Gasteiger partial charge is 0.229 e. The normalized spacial score (nSPS) is 10.2. The number of nitrogens with one attached hydrogen (secondary N) is 2. The number of hydrogen-bond donors (Lipinski definition) is 2. The summed E-state index contributed by atoms with van der Waals surface area (Å²) in [5, 5.41) is 15.7. The zero-order valence-electron chi connectivity index (χ0n) is 14.5. The molecule has 0 radical (unpaired) electrons. The van der Waals surface area contributed by atoms with Crippen molar-refractivity contribution in [3.8, 4) is 6.07 Å². The first-order valence-corrected chi connectivity index (χ1v) is 8.02. The molecule has 3 aromatic rings. The van der Waals surface area contributed by atoms with Crippen molar-refractivity contribution >= 4 is 23.1 Å². The number of aryl methyl sites for hydroxylation is 2. The highest BCUT2D eigenvalue weighted by Gasteiger charge is 2.07. The first kappa shape index (κ1) is 16.5. The van der Waals surface area contributed by atoms with Crippen molar-refractivity contribution in [3.63, 3.8) is 0 Å². The summed E-state index contributed by atoms with van der Waals surface area (Å²) >= 11 is 0. The van der Waals surface area contributed by atoms with Gasteiger partial charge in [-0.3, -0.25) is 0 Å². The van der Waals surface area contributed by atoms with Crippen LogP contribution >= 0.6 is 0 Å². The molecule has 5 heteroatoms. The lowest BCUT2D eigenvalue weighted by atomic mass is 10.1. The van der Waals surface area contributed by atoms with Crippen LogP contribution in [0.15, 0.2) is 48.5 Å². The third kappa shape index (κ3) is 3.75. The molecule has 0 amide bonds. The van der Waals surface area contributed by atoms with E-state index in [4.69, 9.17) is 0 Å². The highest BCUT2D eigenvalue weighted by Crippen LogP contribution is 2.24. The predicted octanol–water partition coefficient (Wildman–Crippen LogP) is 4.76. The summed E-state index contributed by atoms with van der Waals surface area (Å²) < 4.78 is 0. The van der Waals surface area contributed by atoms with Gasteiger partial charge >= 0.3 is 0 Å². The molecule has 2 N–H and O–H groups in total. The Hall–Kier alpha value is -3.39. The van der Waals surface area contributed by atoms with Gasteiger partial charge in [-0.15, -0.1) is 0 Å². The number of hydrogen-bond acceptors (Lipinski definition) is 5. The van der Waals surface area contributed by atoms with E-state index >= 15 is 0 Å². The highest BCUT2D eigenvalue weighted by molar-refractivity contribution is 5.66. The molecule has 0 atom stereocenters. The number of benzene rings is 2. The van der Waals surface area contributed by atoms with Crippen LogP contribution in [0.2, 0.25) is 0 Å². The van der Waals surface area contributed by atoms with Crippen molar-refractivity contribution in [3.05, 3.63) is 70.9 Å².